The molecule has 0 aliphatic carbocycles. The van der Waals surface area contributed by atoms with Crippen molar-refractivity contribution in [3.8, 4) is 11.5 Å². The predicted molar refractivity (Wildman–Crippen MR) is 114 cm³/mol. The van der Waals surface area contributed by atoms with Crippen LogP contribution in [0.25, 0.3) is 6.08 Å². The van der Waals surface area contributed by atoms with E-state index in [1.165, 1.54) is 0 Å². The number of hydrogen-bond donors (Lipinski definition) is 1. The van der Waals surface area contributed by atoms with Crippen LogP contribution in [0.4, 0.5) is 0 Å². The lowest BCUT2D eigenvalue weighted by Gasteiger charge is -2.14. The second-order valence-corrected chi connectivity index (χ2v) is 8.11. The molecule has 26 heavy (non-hydrogen) atoms. The number of nitrogens with zero attached hydrogens (tertiary/aromatic N) is 1. The highest BCUT2D eigenvalue weighted by Crippen LogP contribution is 2.37. The number of carboxylic acids is 1. The number of carbonyl (C=O) groups excluding carboxylic acids is 1. The number of thioether (sulfide) groups is 1. The maximum Gasteiger partial charge on any atom is 0.323 e. The lowest BCUT2D eigenvalue weighted by atomic mass is 10.2. The summed E-state index contributed by atoms with van der Waals surface area (Å²) in [5.41, 5.74) is 0.762. The van der Waals surface area contributed by atoms with Gasteiger partial charge >= 0.3 is 5.97 Å². The van der Waals surface area contributed by atoms with Crippen molar-refractivity contribution in [2.45, 2.75) is 20.3 Å². The summed E-state index contributed by atoms with van der Waals surface area (Å²) >= 11 is 8.37. The number of ether oxygens (including phenoxy) is 2. The van der Waals surface area contributed by atoms with E-state index in [1.54, 1.807) is 12.1 Å². The second-order valence-electron chi connectivity index (χ2n) is 5.27. The summed E-state index contributed by atoms with van der Waals surface area (Å²) in [4.78, 5) is 24.7. The lowest BCUT2D eigenvalue weighted by Crippen LogP contribution is -2.33. The Morgan fingerprint density at radius 1 is 1.38 bits per heavy atom. The van der Waals surface area contributed by atoms with Crippen molar-refractivity contribution < 1.29 is 24.2 Å². The topological polar surface area (TPSA) is 76.1 Å². The van der Waals surface area contributed by atoms with Gasteiger partial charge in [0.05, 0.1) is 21.7 Å². The predicted octanol–water partition coefficient (Wildman–Crippen LogP) is 3.76. The molecule has 1 aliphatic rings. The molecule has 0 spiro atoms. The Morgan fingerprint density at radius 2 is 2.12 bits per heavy atom. The van der Waals surface area contributed by atoms with Crippen LogP contribution in [-0.4, -0.2) is 46.0 Å². The number of carboxylic acid groups (broad SMARTS) is 1. The van der Waals surface area contributed by atoms with Gasteiger partial charge in [-0.3, -0.25) is 14.5 Å². The molecule has 0 aromatic heterocycles. The molecular weight excluding hydrogens is 489 g/mol. The van der Waals surface area contributed by atoms with E-state index in [0.717, 1.165) is 32.2 Å². The van der Waals surface area contributed by atoms with Gasteiger partial charge in [-0.05, 0) is 59.7 Å². The first-order valence-electron chi connectivity index (χ1n) is 7.93. The van der Waals surface area contributed by atoms with Crippen molar-refractivity contribution in [2.75, 3.05) is 19.8 Å². The molecule has 1 fully saturated rings. The highest BCUT2D eigenvalue weighted by Gasteiger charge is 2.33. The minimum absolute atomic E-state index is 0.242. The monoisotopic (exact) mass is 507 g/mol. The van der Waals surface area contributed by atoms with Gasteiger partial charge in [-0.15, -0.1) is 0 Å². The fraction of sp³-hybridized carbons (Fsp3) is 0.353. The van der Waals surface area contributed by atoms with E-state index in [4.69, 9.17) is 26.8 Å². The van der Waals surface area contributed by atoms with Gasteiger partial charge in [0, 0.05) is 0 Å². The summed E-state index contributed by atoms with van der Waals surface area (Å²) in [6.45, 7) is 4.56. The molecule has 0 saturated carbocycles. The van der Waals surface area contributed by atoms with Crippen LogP contribution in [0.3, 0.4) is 0 Å². The number of carbonyl (C=O) groups is 2. The SMILES string of the molecule is CCCOc1c(I)cc(/C=C2/SC(=S)N(CC(=O)O)C2=O)cc1OCC. The Morgan fingerprint density at radius 3 is 2.73 bits per heavy atom. The number of hydrogen-bond acceptors (Lipinski definition) is 6. The van der Waals surface area contributed by atoms with E-state index in [-0.39, 0.29) is 4.32 Å². The Kier molecular flexibility index (Phi) is 7.71. The molecule has 140 valence electrons. The molecular formula is C17H18INO5S2. The Balaban J connectivity index is 2.34. The molecule has 0 atom stereocenters. The molecule has 2 rings (SSSR count). The van der Waals surface area contributed by atoms with Gasteiger partial charge < -0.3 is 14.6 Å². The third-order valence-electron chi connectivity index (χ3n) is 3.25. The van der Waals surface area contributed by atoms with Crippen molar-refractivity contribution in [3.05, 3.63) is 26.2 Å². The molecule has 1 aromatic rings. The second kappa shape index (κ2) is 9.56. The fourth-order valence-corrected chi connectivity index (χ4v) is 4.24. The van der Waals surface area contributed by atoms with Gasteiger partial charge in [0.1, 0.15) is 10.9 Å². The van der Waals surface area contributed by atoms with Gasteiger partial charge in [-0.1, -0.05) is 30.9 Å². The number of benzene rings is 1. The quantitative estimate of drug-likeness (QED) is 0.326. The number of rotatable bonds is 8. The average Bonchev–Trinajstić information content (AvgIpc) is 2.81. The van der Waals surface area contributed by atoms with Crippen LogP contribution in [0, 0.1) is 3.57 Å². The number of amides is 1. The van der Waals surface area contributed by atoms with Crippen molar-refractivity contribution >= 4 is 68.8 Å². The van der Waals surface area contributed by atoms with Gasteiger partial charge in [0.15, 0.2) is 11.5 Å². The van der Waals surface area contributed by atoms with Gasteiger partial charge in [-0.2, -0.15) is 0 Å². The Labute approximate surface area is 175 Å². The smallest absolute Gasteiger partial charge is 0.323 e. The van der Waals surface area contributed by atoms with E-state index in [0.29, 0.717) is 29.6 Å². The molecule has 1 aromatic carbocycles. The first-order valence-corrected chi connectivity index (χ1v) is 10.2. The molecule has 1 N–H and O–H groups in total. The summed E-state index contributed by atoms with van der Waals surface area (Å²) in [6, 6.07) is 3.69. The van der Waals surface area contributed by atoms with Crippen LogP contribution in [0.2, 0.25) is 0 Å². The normalized spacial score (nSPS) is 15.7. The van der Waals surface area contributed by atoms with Crippen LogP contribution in [0.15, 0.2) is 17.0 Å². The summed E-state index contributed by atoms with van der Waals surface area (Å²) in [5.74, 6) is -0.208. The van der Waals surface area contributed by atoms with Crippen molar-refractivity contribution in [1.82, 2.24) is 4.90 Å². The highest BCUT2D eigenvalue weighted by molar-refractivity contribution is 14.1. The van der Waals surface area contributed by atoms with E-state index in [2.05, 4.69) is 22.6 Å². The molecule has 1 saturated heterocycles. The molecule has 0 bridgehead atoms. The maximum absolute atomic E-state index is 12.4. The average molecular weight is 507 g/mol. The Bertz CT molecular complexity index is 766. The molecule has 0 unspecified atom stereocenters. The molecule has 1 heterocycles. The zero-order valence-electron chi connectivity index (χ0n) is 14.3. The minimum Gasteiger partial charge on any atom is -0.490 e. The largest absolute Gasteiger partial charge is 0.490 e. The molecule has 9 heteroatoms. The standard InChI is InChI=1S/C17H18INO5S2/c1-3-5-24-15-11(18)6-10(7-12(15)23-4-2)8-13-16(22)19(9-14(20)21)17(25)26-13/h6-8H,3-5,9H2,1-2H3,(H,20,21)/b13-8+. The minimum atomic E-state index is -1.10. The first kappa shape index (κ1) is 21.0. The zero-order chi connectivity index (χ0) is 19.3. The molecule has 1 aliphatic heterocycles. The van der Waals surface area contributed by atoms with Crippen molar-refractivity contribution in [2.24, 2.45) is 0 Å². The van der Waals surface area contributed by atoms with E-state index < -0.39 is 18.4 Å². The summed E-state index contributed by atoms with van der Waals surface area (Å²) in [7, 11) is 0. The van der Waals surface area contributed by atoms with E-state index in [1.807, 2.05) is 19.9 Å². The van der Waals surface area contributed by atoms with E-state index >= 15 is 0 Å². The van der Waals surface area contributed by atoms with Gasteiger partial charge in [0.25, 0.3) is 5.91 Å². The first-order chi connectivity index (χ1) is 12.4. The van der Waals surface area contributed by atoms with Gasteiger partial charge in [0.2, 0.25) is 0 Å². The van der Waals surface area contributed by atoms with Crippen LogP contribution in [0.5, 0.6) is 11.5 Å². The third-order valence-corrected chi connectivity index (χ3v) is 5.43. The fourth-order valence-electron chi connectivity index (χ4n) is 2.20. The molecule has 6 nitrogen and oxygen atoms in total. The van der Waals surface area contributed by atoms with Crippen LogP contribution >= 0.6 is 46.6 Å². The van der Waals surface area contributed by atoms with Crippen LogP contribution in [0.1, 0.15) is 25.8 Å². The Hall–Kier alpha value is -1.33. The summed E-state index contributed by atoms with van der Waals surface area (Å²) in [6.07, 6.45) is 2.57. The maximum atomic E-state index is 12.4. The van der Waals surface area contributed by atoms with Crippen molar-refractivity contribution in [1.29, 1.82) is 0 Å². The highest BCUT2D eigenvalue weighted by atomic mass is 127. The van der Waals surface area contributed by atoms with Crippen LogP contribution < -0.4 is 9.47 Å². The van der Waals surface area contributed by atoms with E-state index in [9.17, 15) is 9.59 Å². The molecule has 0 radical (unpaired) electrons. The third kappa shape index (κ3) is 5.10. The summed E-state index contributed by atoms with van der Waals surface area (Å²) in [5, 5.41) is 8.90. The number of halogens is 1. The van der Waals surface area contributed by atoms with Gasteiger partial charge in [-0.25, -0.2) is 0 Å². The lowest BCUT2D eigenvalue weighted by molar-refractivity contribution is -0.140. The summed E-state index contributed by atoms with van der Waals surface area (Å²) < 4.78 is 12.6. The number of thiocarbonyl (C=S) groups is 1. The van der Waals surface area contributed by atoms with Crippen molar-refractivity contribution in [3.63, 3.8) is 0 Å². The zero-order valence-corrected chi connectivity index (χ0v) is 18.1. The van der Waals surface area contributed by atoms with Crippen LogP contribution in [-0.2, 0) is 9.59 Å². The number of aliphatic carboxylic acids is 1. The molecule has 1 amide bonds.